The molecule has 4 aliphatic heterocycles. The van der Waals surface area contributed by atoms with E-state index in [1.807, 2.05) is 11.0 Å². The number of anilines is 1. The molecule has 0 spiro atoms. The van der Waals surface area contributed by atoms with E-state index < -0.39 is 5.67 Å². The average Bonchev–Trinajstić information content (AvgIpc) is 3.21. The second-order valence-corrected chi connectivity index (χ2v) is 12.8. The van der Waals surface area contributed by atoms with Gasteiger partial charge in [-0.1, -0.05) is 6.07 Å². The molecular formula is C32H48F2N4O4. The molecule has 234 valence electrons. The van der Waals surface area contributed by atoms with Crippen molar-refractivity contribution in [3.8, 4) is 0 Å². The number of carbonyl (C=O) groups is 2. The minimum Gasteiger partial charge on any atom is -0.395 e. The number of carbonyl (C=O) groups excluding carboxylic acids is 2. The number of nitrogens with zero attached hydrogens (tertiary/aromatic N) is 4. The summed E-state index contributed by atoms with van der Waals surface area (Å²) in [7, 11) is 1.72. The van der Waals surface area contributed by atoms with Crippen molar-refractivity contribution in [3.05, 3.63) is 29.6 Å². The van der Waals surface area contributed by atoms with Crippen molar-refractivity contribution in [2.24, 2.45) is 5.92 Å². The van der Waals surface area contributed by atoms with Crippen LogP contribution in [0.2, 0.25) is 0 Å². The molecule has 10 heteroatoms. The van der Waals surface area contributed by atoms with E-state index in [-0.39, 0.29) is 42.5 Å². The molecule has 1 N–H and O–H groups in total. The third-order valence-corrected chi connectivity index (χ3v) is 10.0. The lowest BCUT2D eigenvalue weighted by Crippen LogP contribution is -2.42. The maximum atomic E-state index is 15.8. The van der Waals surface area contributed by atoms with Crippen LogP contribution in [-0.2, 0) is 14.3 Å². The van der Waals surface area contributed by atoms with Gasteiger partial charge < -0.3 is 24.5 Å². The highest BCUT2D eigenvalue weighted by atomic mass is 19.1. The Morgan fingerprint density at radius 1 is 1.05 bits per heavy atom. The van der Waals surface area contributed by atoms with Gasteiger partial charge in [0.05, 0.1) is 13.0 Å². The van der Waals surface area contributed by atoms with Crippen LogP contribution < -0.4 is 4.90 Å². The highest BCUT2D eigenvalue weighted by molar-refractivity contribution is 5.79. The summed E-state index contributed by atoms with van der Waals surface area (Å²) in [5, 5.41) is 9.17. The molecule has 1 aromatic rings. The minimum absolute atomic E-state index is 0.0536. The normalized spacial score (nSPS) is 26.8. The molecule has 4 aliphatic rings. The van der Waals surface area contributed by atoms with Crippen LogP contribution in [-0.4, -0.2) is 116 Å². The maximum Gasteiger partial charge on any atom is 0.225 e. The first-order valence-electron chi connectivity index (χ1n) is 15.9. The van der Waals surface area contributed by atoms with Crippen molar-refractivity contribution in [3.63, 3.8) is 0 Å². The molecule has 5 rings (SSSR count). The predicted octanol–water partition coefficient (Wildman–Crippen LogP) is 3.57. The number of halogens is 2. The second-order valence-electron chi connectivity index (χ2n) is 12.8. The Hall–Kier alpha value is -2.30. The molecule has 0 aliphatic carbocycles. The molecule has 42 heavy (non-hydrogen) atoms. The van der Waals surface area contributed by atoms with Gasteiger partial charge in [-0.05, 0) is 75.0 Å². The van der Waals surface area contributed by atoms with Gasteiger partial charge in [0.15, 0.2) is 0 Å². The van der Waals surface area contributed by atoms with Crippen LogP contribution >= 0.6 is 0 Å². The van der Waals surface area contributed by atoms with E-state index in [2.05, 4.69) is 9.80 Å². The van der Waals surface area contributed by atoms with Gasteiger partial charge >= 0.3 is 0 Å². The van der Waals surface area contributed by atoms with Gasteiger partial charge in [-0.2, -0.15) is 0 Å². The smallest absolute Gasteiger partial charge is 0.225 e. The SMILES string of the molecule is CN(CCO)C(=O)C1CCN(c2cc(F)ccc2C2CCCN(C(=O)C[C@@]3(F)CCN(C4CCOCC4)C3)CC2)CC1. The summed E-state index contributed by atoms with van der Waals surface area (Å²) in [6.07, 6.45) is 6.08. The number of ether oxygens (including phenoxy) is 1. The molecule has 0 aromatic heterocycles. The van der Waals surface area contributed by atoms with E-state index >= 15 is 4.39 Å². The third-order valence-electron chi connectivity index (χ3n) is 10.0. The number of aliphatic hydroxyl groups excluding tert-OH is 1. The second kappa shape index (κ2) is 14.0. The van der Waals surface area contributed by atoms with Crippen LogP contribution in [0.5, 0.6) is 0 Å². The number of likely N-dealkylation sites (N-methyl/N-ethyl adjacent to an activating group) is 1. The van der Waals surface area contributed by atoms with Gasteiger partial charge in [0.25, 0.3) is 0 Å². The number of alkyl halides is 1. The zero-order valence-corrected chi connectivity index (χ0v) is 25.1. The predicted molar refractivity (Wildman–Crippen MR) is 158 cm³/mol. The van der Waals surface area contributed by atoms with Crippen LogP contribution in [0.1, 0.15) is 69.3 Å². The van der Waals surface area contributed by atoms with Gasteiger partial charge in [-0.15, -0.1) is 0 Å². The topological polar surface area (TPSA) is 76.6 Å². The first-order chi connectivity index (χ1) is 20.3. The molecule has 8 nitrogen and oxygen atoms in total. The summed E-state index contributed by atoms with van der Waals surface area (Å²) < 4.78 is 35.8. The summed E-state index contributed by atoms with van der Waals surface area (Å²) >= 11 is 0. The van der Waals surface area contributed by atoms with Crippen LogP contribution in [0, 0.1) is 11.7 Å². The summed E-state index contributed by atoms with van der Waals surface area (Å²) in [5.41, 5.74) is 0.514. The lowest BCUT2D eigenvalue weighted by molar-refractivity contribution is -0.135. The zero-order chi connectivity index (χ0) is 29.7. The largest absolute Gasteiger partial charge is 0.395 e. The number of likely N-dealkylation sites (tertiary alicyclic amines) is 2. The number of piperidine rings is 1. The van der Waals surface area contributed by atoms with E-state index in [0.29, 0.717) is 71.1 Å². The first-order valence-corrected chi connectivity index (χ1v) is 15.9. The minimum atomic E-state index is -1.47. The lowest BCUT2D eigenvalue weighted by atomic mass is 9.88. The van der Waals surface area contributed by atoms with Gasteiger partial charge in [0, 0.05) is 83.7 Å². The molecule has 2 amide bonds. The molecule has 4 fully saturated rings. The fraction of sp³-hybridized carbons (Fsp3) is 0.750. The summed E-state index contributed by atoms with van der Waals surface area (Å²) in [4.78, 5) is 33.9. The molecule has 0 saturated carbocycles. The van der Waals surface area contributed by atoms with Crippen molar-refractivity contribution >= 4 is 17.5 Å². The summed E-state index contributed by atoms with van der Waals surface area (Å²) in [6.45, 7) is 5.30. The number of rotatable bonds is 8. The van der Waals surface area contributed by atoms with Crippen LogP contribution in [0.15, 0.2) is 18.2 Å². The molecule has 1 unspecified atom stereocenters. The van der Waals surface area contributed by atoms with E-state index in [1.165, 1.54) is 6.07 Å². The molecule has 0 radical (unpaired) electrons. The average molecular weight is 591 g/mol. The Balaban J connectivity index is 1.17. The van der Waals surface area contributed by atoms with Gasteiger partial charge in [0.1, 0.15) is 11.5 Å². The maximum absolute atomic E-state index is 15.8. The number of hydrogen-bond donors (Lipinski definition) is 1. The van der Waals surface area contributed by atoms with Gasteiger partial charge in [-0.3, -0.25) is 14.5 Å². The number of amides is 2. The lowest BCUT2D eigenvalue weighted by Gasteiger charge is -2.36. The summed E-state index contributed by atoms with van der Waals surface area (Å²) in [5.74, 6) is -0.220. The first kappa shape index (κ1) is 31.1. The molecule has 4 heterocycles. The van der Waals surface area contributed by atoms with Crippen molar-refractivity contribution < 1.29 is 28.2 Å². The monoisotopic (exact) mass is 590 g/mol. The van der Waals surface area contributed by atoms with Gasteiger partial charge in [0.2, 0.25) is 11.8 Å². The highest BCUT2D eigenvalue weighted by Gasteiger charge is 2.43. The summed E-state index contributed by atoms with van der Waals surface area (Å²) in [6, 6.07) is 5.37. The van der Waals surface area contributed by atoms with Crippen LogP contribution in [0.3, 0.4) is 0 Å². The van der Waals surface area contributed by atoms with Crippen LogP contribution in [0.4, 0.5) is 14.5 Å². The Labute approximate surface area is 248 Å². The zero-order valence-electron chi connectivity index (χ0n) is 25.1. The van der Waals surface area contributed by atoms with Crippen molar-refractivity contribution in [1.29, 1.82) is 0 Å². The van der Waals surface area contributed by atoms with E-state index in [9.17, 15) is 19.1 Å². The van der Waals surface area contributed by atoms with E-state index in [4.69, 9.17) is 4.74 Å². The van der Waals surface area contributed by atoms with Crippen molar-refractivity contribution in [2.45, 2.75) is 75.4 Å². The Morgan fingerprint density at radius 2 is 1.81 bits per heavy atom. The van der Waals surface area contributed by atoms with E-state index in [0.717, 1.165) is 56.6 Å². The Kier molecular flexibility index (Phi) is 10.4. The van der Waals surface area contributed by atoms with E-state index in [1.54, 1.807) is 18.0 Å². The number of hydrogen-bond acceptors (Lipinski definition) is 6. The quantitative estimate of drug-likeness (QED) is 0.499. The van der Waals surface area contributed by atoms with Gasteiger partial charge in [-0.25, -0.2) is 8.78 Å². The van der Waals surface area contributed by atoms with Crippen molar-refractivity contribution in [2.75, 3.05) is 77.6 Å². The third kappa shape index (κ3) is 7.42. The van der Waals surface area contributed by atoms with Crippen LogP contribution in [0.25, 0.3) is 0 Å². The molecular weight excluding hydrogens is 542 g/mol. The van der Waals surface area contributed by atoms with Crippen molar-refractivity contribution in [1.82, 2.24) is 14.7 Å². The Bertz CT molecular complexity index is 1080. The molecule has 2 atom stereocenters. The molecule has 0 bridgehead atoms. The molecule has 4 saturated heterocycles. The standard InChI is InChI=1S/C32H48F2N4O4/c1-35(17-18-39)31(41)25-7-13-36(14-8-25)29-21-26(33)4-5-28(29)24-3-2-12-37(15-6-24)30(40)22-32(34)11-16-38(23-32)27-9-19-42-20-10-27/h4-5,21,24-25,27,39H,2-3,6-20,22-23H2,1H3/t24?,32-/m0/s1. The molecule has 1 aromatic carbocycles. The fourth-order valence-corrected chi connectivity index (χ4v) is 7.49. The Morgan fingerprint density at radius 3 is 2.55 bits per heavy atom. The highest BCUT2D eigenvalue weighted by Crippen LogP contribution is 2.38. The number of benzene rings is 1. The fourth-order valence-electron chi connectivity index (χ4n) is 7.49. The number of aliphatic hydroxyl groups is 1.